The van der Waals surface area contributed by atoms with Crippen LogP contribution in [0.4, 0.5) is 0 Å². The molecular formula is C30H51NO4. The number of aliphatic hydroxyl groups is 2. The smallest absolute Gasteiger partial charge is 0.226 e. The van der Waals surface area contributed by atoms with Crippen molar-refractivity contribution in [2.75, 3.05) is 19.8 Å². The molecule has 1 saturated heterocycles. The molecule has 200 valence electrons. The maximum Gasteiger partial charge on any atom is 0.226 e. The van der Waals surface area contributed by atoms with Crippen molar-refractivity contribution in [2.45, 2.75) is 128 Å². The van der Waals surface area contributed by atoms with Crippen molar-refractivity contribution in [3.8, 4) is 0 Å². The average molecular weight is 490 g/mol. The Kier molecular flexibility index (Phi) is 7.88. The molecule has 5 nitrogen and oxygen atoms in total. The van der Waals surface area contributed by atoms with E-state index in [0.717, 1.165) is 44.1 Å². The van der Waals surface area contributed by atoms with Crippen molar-refractivity contribution in [1.82, 2.24) is 4.90 Å². The Morgan fingerprint density at radius 1 is 0.943 bits per heavy atom. The minimum atomic E-state index is -0.760. The molecule has 35 heavy (non-hydrogen) atoms. The van der Waals surface area contributed by atoms with E-state index in [4.69, 9.17) is 9.84 Å². The van der Waals surface area contributed by atoms with Crippen LogP contribution in [-0.4, -0.2) is 58.5 Å². The first-order valence-corrected chi connectivity index (χ1v) is 15.1. The van der Waals surface area contributed by atoms with E-state index >= 15 is 0 Å². The van der Waals surface area contributed by atoms with Gasteiger partial charge in [0.1, 0.15) is 6.10 Å². The molecule has 5 aliphatic rings. The minimum Gasteiger partial charge on any atom is -0.394 e. The lowest BCUT2D eigenvalue weighted by Crippen LogP contribution is -2.63. The van der Waals surface area contributed by atoms with Crippen LogP contribution in [0.25, 0.3) is 0 Å². The van der Waals surface area contributed by atoms with E-state index in [0.29, 0.717) is 23.2 Å². The predicted octanol–water partition coefficient (Wildman–Crippen LogP) is 5.32. The van der Waals surface area contributed by atoms with E-state index in [2.05, 4.69) is 18.7 Å². The number of likely N-dealkylation sites (tertiary alicyclic amines) is 1. The van der Waals surface area contributed by atoms with Crippen LogP contribution in [0, 0.1) is 35.0 Å². The Balaban J connectivity index is 1.30. The van der Waals surface area contributed by atoms with Crippen molar-refractivity contribution in [2.24, 2.45) is 35.0 Å². The summed E-state index contributed by atoms with van der Waals surface area (Å²) < 4.78 is 6.03. The number of aliphatic hydroxyl groups excluding tert-OH is 2. The first-order valence-electron chi connectivity index (χ1n) is 15.1. The topological polar surface area (TPSA) is 70.0 Å². The molecule has 8 atom stereocenters. The Morgan fingerprint density at radius 2 is 1.71 bits per heavy atom. The summed E-state index contributed by atoms with van der Waals surface area (Å²) in [5.74, 6) is 3.66. The van der Waals surface area contributed by atoms with Gasteiger partial charge in [0, 0.05) is 18.0 Å². The quantitative estimate of drug-likeness (QED) is 0.548. The molecule has 0 radical (unpaired) electrons. The van der Waals surface area contributed by atoms with E-state index in [1.54, 1.807) is 0 Å². The molecule has 5 fully saturated rings. The fraction of sp³-hybridized carbons (Fsp3) is 0.967. The number of carbonyl (C=O) groups excluding carboxylic acids is 1. The predicted molar refractivity (Wildman–Crippen MR) is 138 cm³/mol. The van der Waals surface area contributed by atoms with Gasteiger partial charge in [0.05, 0.1) is 19.3 Å². The summed E-state index contributed by atoms with van der Waals surface area (Å²) in [7, 11) is 0. The Labute approximate surface area is 213 Å². The monoisotopic (exact) mass is 489 g/mol. The summed E-state index contributed by atoms with van der Waals surface area (Å²) >= 11 is 0. The molecule has 4 saturated carbocycles. The van der Waals surface area contributed by atoms with E-state index < -0.39 is 6.10 Å². The van der Waals surface area contributed by atoms with Crippen molar-refractivity contribution in [1.29, 1.82) is 0 Å². The highest BCUT2D eigenvalue weighted by molar-refractivity contribution is 5.80. The number of amides is 1. The molecule has 4 aliphatic carbocycles. The van der Waals surface area contributed by atoms with E-state index in [1.807, 2.05) is 0 Å². The van der Waals surface area contributed by atoms with Gasteiger partial charge in [0.2, 0.25) is 5.91 Å². The van der Waals surface area contributed by atoms with Crippen molar-refractivity contribution >= 4 is 5.91 Å². The lowest BCUT2D eigenvalue weighted by molar-refractivity contribution is -0.163. The van der Waals surface area contributed by atoms with Crippen LogP contribution in [0.3, 0.4) is 0 Å². The SMILES string of the molecule is CC12CC[C@H](OC[C@H](O)CO)CC1CCC1C2CCC2(C)[C@H]1CCCCN2C(=O)C1CCCCC1. The second-order valence-corrected chi connectivity index (χ2v) is 13.4. The minimum absolute atomic E-state index is 0.0517. The fourth-order valence-electron chi connectivity index (χ4n) is 9.65. The number of fused-ring (bicyclic) bond motifs is 5. The van der Waals surface area contributed by atoms with E-state index in [-0.39, 0.29) is 30.8 Å². The largest absolute Gasteiger partial charge is 0.394 e. The summed E-state index contributed by atoms with van der Waals surface area (Å²) in [5, 5.41) is 18.9. The lowest BCUT2D eigenvalue weighted by atomic mass is 9.45. The number of rotatable bonds is 5. The molecule has 1 amide bonds. The van der Waals surface area contributed by atoms with Crippen LogP contribution in [0.5, 0.6) is 0 Å². The van der Waals surface area contributed by atoms with Crippen LogP contribution in [-0.2, 0) is 9.53 Å². The Morgan fingerprint density at radius 3 is 2.49 bits per heavy atom. The lowest BCUT2D eigenvalue weighted by Gasteiger charge is -2.63. The molecule has 0 aromatic carbocycles. The molecule has 2 N–H and O–H groups in total. The highest BCUT2D eigenvalue weighted by Crippen LogP contribution is 2.63. The number of carbonyl (C=O) groups is 1. The summed E-state index contributed by atoms with van der Waals surface area (Å²) in [6, 6.07) is 0. The zero-order valence-electron chi connectivity index (χ0n) is 22.4. The van der Waals surface area contributed by atoms with Gasteiger partial charge < -0.3 is 19.8 Å². The normalized spacial score (nSPS) is 43.4. The zero-order chi connectivity index (χ0) is 24.6. The molecule has 0 aromatic rings. The van der Waals surface area contributed by atoms with Gasteiger partial charge in [-0.1, -0.05) is 32.6 Å². The molecule has 0 spiro atoms. The van der Waals surface area contributed by atoms with Crippen molar-refractivity contribution < 1.29 is 19.7 Å². The Bertz CT molecular complexity index is 738. The molecule has 5 rings (SSSR count). The maximum atomic E-state index is 13.9. The van der Waals surface area contributed by atoms with E-state index in [9.17, 15) is 9.90 Å². The van der Waals surface area contributed by atoms with Crippen LogP contribution >= 0.6 is 0 Å². The first kappa shape index (κ1) is 26.0. The number of ether oxygens (including phenoxy) is 1. The van der Waals surface area contributed by atoms with Gasteiger partial charge in [0.15, 0.2) is 0 Å². The van der Waals surface area contributed by atoms with E-state index in [1.165, 1.54) is 70.6 Å². The van der Waals surface area contributed by atoms with Gasteiger partial charge in [-0.2, -0.15) is 0 Å². The molecule has 1 aliphatic heterocycles. The second kappa shape index (κ2) is 10.6. The molecule has 5 unspecified atom stereocenters. The second-order valence-electron chi connectivity index (χ2n) is 13.4. The number of nitrogens with zero attached hydrogens (tertiary/aromatic N) is 1. The highest BCUT2D eigenvalue weighted by Gasteiger charge is 2.59. The van der Waals surface area contributed by atoms with Gasteiger partial charge in [-0.05, 0) is 107 Å². The van der Waals surface area contributed by atoms with Crippen LogP contribution < -0.4 is 0 Å². The summed E-state index contributed by atoms with van der Waals surface area (Å²) in [4.78, 5) is 16.3. The zero-order valence-corrected chi connectivity index (χ0v) is 22.4. The summed E-state index contributed by atoms with van der Waals surface area (Å²) in [6.07, 6.45) is 17.7. The third kappa shape index (κ3) is 4.83. The number of hydrogen-bond donors (Lipinski definition) is 2. The van der Waals surface area contributed by atoms with Crippen LogP contribution in [0.15, 0.2) is 0 Å². The molecule has 1 heterocycles. The molecule has 5 heteroatoms. The van der Waals surface area contributed by atoms with Crippen molar-refractivity contribution in [3.63, 3.8) is 0 Å². The summed E-state index contributed by atoms with van der Waals surface area (Å²) in [6.45, 7) is 6.07. The third-order valence-corrected chi connectivity index (χ3v) is 11.7. The first-order chi connectivity index (χ1) is 16.9. The summed E-state index contributed by atoms with van der Waals surface area (Å²) in [5.41, 5.74) is 0.431. The van der Waals surface area contributed by atoms with Gasteiger partial charge in [0.25, 0.3) is 0 Å². The highest BCUT2D eigenvalue weighted by atomic mass is 16.5. The van der Waals surface area contributed by atoms with Gasteiger partial charge in [-0.15, -0.1) is 0 Å². The number of hydrogen-bond acceptors (Lipinski definition) is 4. The molecule has 0 bridgehead atoms. The van der Waals surface area contributed by atoms with Crippen LogP contribution in [0.2, 0.25) is 0 Å². The van der Waals surface area contributed by atoms with Gasteiger partial charge in [-0.3, -0.25) is 4.79 Å². The fourth-order valence-corrected chi connectivity index (χ4v) is 9.65. The Hall–Kier alpha value is -0.650. The third-order valence-electron chi connectivity index (χ3n) is 11.7. The van der Waals surface area contributed by atoms with Gasteiger partial charge >= 0.3 is 0 Å². The molecular weight excluding hydrogens is 438 g/mol. The maximum absolute atomic E-state index is 13.9. The van der Waals surface area contributed by atoms with Crippen LogP contribution in [0.1, 0.15) is 110 Å². The van der Waals surface area contributed by atoms with Crippen molar-refractivity contribution in [3.05, 3.63) is 0 Å². The van der Waals surface area contributed by atoms with Gasteiger partial charge in [-0.25, -0.2) is 0 Å². The molecule has 0 aromatic heterocycles. The average Bonchev–Trinajstić information content (AvgIpc) is 3.05. The standard InChI is InChI=1S/C30H51NO4/c1-29-15-13-24(35-20-23(33)19-32)18-22(29)11-12-25-26(29)14-16-30(2)27(25)10-6-7-17-31(30)28(34)21-8-4-3-5-9-21/h21-27,32-33H,3-20H2,1-2H3/t22?,23-,24+,25?,26?,27+,29?,30?/m1/s1.